The third-order valence-corrected chi connectivity index (χ3v) is 1.83. The van der Waals surface area contributed by atoms with E-state index in [1.54, 1.807) is 13.8 Å². The van der Waals surface area contributed by atoms with Crippen molar-refractivity contribution < 1.29 is 17.6 Å². The van der Waals surface area contributed by atoms with Crippen LogP contribution in [-0.4, -0.2) is 4.98 Å². The second kappa shape index (κ2) is 3.55. The summed E-state index contributed by atoms with van der Waals surface area (Å²) in [6.07, 6.45) is -3.56. The molecule has 0 atom stereocenters. The van der Waals surface area contributed by atoms with Crippen molar-refractivity contribution in [1.29, 1.82) is 0 Å². The Balaban J connectivity index is 3.22. The Morgan fingerprint density at radius 1 is 1.29 bits per heavy atom. The lowest BCUT2D eigenvalue weighted by molar-refractivity contribution is -0.140. The number of pyridine rings is 1. The smallest absolute Gasteiger partial charge is 0.228 e. The normalized spacial score (nSPS) is 12.2. The van der Waals surface area contributed by atoms with Gasteiger partial charge in [-0.25, -0.2) is 4.98 Å². The van der Waals surface area contributed by atoms with Gasteiger partial charge in [0.05, 0.1) is 0 Å². The summed E-state index contributed by atoms with van der Waals surface area (Å²) in [5, 5.41) is 0. The minimum atomic E-state index is -4.68. The first-order valence-corrected chi connectivity index (χ1v) is 4.05. The third-order valence-electron chi connectivity index (χ3n) is 1.83. The van der Waals surface area contributed by atoms with Crippen LogP contribution in [0.4, 0.5) is 17.6 Å². The molecule has 0 N–H and O–H groups in total. The van der Waals surface area contributed by atoms with Gasteiger partial charge in [0.2, 0.25) is 5.95 Å². The number of alkyl halides is 3. The van der Waals surface area contributed by atoms with E-state index < -0.39 is 17.7 Å². The van der Waals surface area contributed by atoms with Gasteiger partial charge in [-0.3, -0.25) is 0 Å². The van der Waals surface area contributed by atoms with E-state index in [2.05, 4.69) is 4.98 Å². The number of rotatable bonds is 1. The molecule has 0 aliphatic carbocycles. The maximum Gasteiger partial charge on any atom is 0.420 e. The molecule has 1 aromatic rings. The van der Waals surface area contributed by atoms with Gasteiger partial charge in [0.25, 0.3) is 0 Å². The topological polar surface area (TPSA) is 12.9 Å². The number of hydrogen-bond acceptors (Lipinski definition) is 1. The molecule has 14 heavy (non-hydrogen) atoms. The summed E-state index contributed by atoms with van der Waals surface area (Å²) < 4.78 is 49.3. The second-order valence-corrected chi connectivity index (χ2v) is 3.26. The zero-order chi connectivity index (χ0) is 10.9. The molecule has 5 heteroatoms. The molecule has 0 aliphatic heterocycles. The Morgan fingerprint density at radius 3 is 2.29 bits per heavy atom. The van der Waals surface area contributed by atoms with Crippen molar-refractivity contribution in [3.8, 4) is 0 Å². The molecular weight excluding hydrogens is 198 g/mol. The highest BCUT2D eigenvalue weighted by Crippen LogP contribution is 2.32. The fraction of sp³-hybridized carbons (Fsp3) is 0.444. The highest BCUT2D eigenvalue weighted by atomic mass is 19.4. The van der Waals surface area contributed by atoms with Crippen molar-refractivity contribution in [2.24, 2.45) is 0 Å². The largest absolute Gasteiger partial charge is 0.420 e. The standard InChI is InChI=1S/C9H9F4N/c1-5(2)6-3-7(9(11,12)13)8(10)14-4-6/h3-5H,1-2H3. The van der Waals surface area contributed by atoms with E-state index >= 15 is 0 Å². The van der Waals surface area contributed by atoms with Crippen LogP contribution in [0.3, 0.4) is 0 Å². The SMILES string of the molecule is CC(C)c1cnc(F)c(C(F)(F)F)c1. The van der Waals surface area contributed by atoms with Crippen molar-refractivity contribution in [3.63, 3.8) is 0 Å². The van der Waals surface area contributed by atoms with Crippen LogP contribution < -0.4 is 0 Å². The van der Waals surface area contributed by atoms with Crippen molar-refractivity contribution in [2.75, 3.05) is 0 Å². The highest BCUT2D eigenvalue weighted by Gasteiger charge is 2.35. The third kappa shape index (κ3) is 2.21. The van der Waals surface area contributed by atoms with E-state index in [1.165, 1.54) is 0 Å². The van der Waals surface area contributed by atoms with Gasteiger partial charge in [-0.15, -0.1) is 0 Å². The first-order chi connectivity index (χ1) is 6.32. The molecule has 1 aromatic heterocycles. The lowest BCUT2D eigenvalue weighted by atomic mass is 10.0. The van der Waals surface area contributed by atoms with Crippen LogP contribution in [0.15, 0.2) is 12.3 Å². The Hall–Kier alpha value is -1.13. The van der Waals surface area contributed by atoms with Gasteiger partial charge in [0.1, 0.15) is 5.56 Å². The average molecular weight is 207 g/mol. The number of aromatic nitrogens is 1. The summed E-state index contributed by atoms with van der Waals surface area (Å²) in [6, 6.07) is 0.799. The van der Waals surface area contributed by atoms with E-state index in [9.17, 15) is 17.6 Å². The van der Waals surface area contributed by atoms with E-state index in [4.69, 9.17) is 0 Å². The first kappa shape index (κ1) is 10.9. The minimum Gasteiger partial charge on any atom is -0.228 e. The molecule has 0 saturated carbocycles. The summed E-state index contributed by atoms with van der Waals surface area (Å²) >= 11 is 0. The summed E-state index contributed by atoms with van der Waals surface area (Å²) in [5.41, 5.74) is -0.928. The molecule has 0 radical (unpaired) electrons. The van der Waals surface area contributed by atoms with E-state index in [-0.39, 0.29) is 5.92 Å². The molecule has 0 aliphatic rings. The molecule has 0 fully saturated rings. The fourth-order valence-corrected chi connectivity index (χ4v) is 0.979. The summed E-state index contributed by atoms with van der Waals surface area (Å²) in [4.78, 5) is 3.08. The maximum absolute atomic E-state index is 12.7. The van der Waals surface area contributed by atoms with Crippen molar-refractivity contribution in [2.45, 2.75) is 25.9 Å². The number of halogens is 4. The van der Waals surface area contributed by atoms with Crippen LogP contribution in [0.1, 0.15) is 30.9 Å². The van der Waals surface area contributed by atoms with Crippen molar-refractivity contribution in [3.05, 3.63) is 29.3 Å². The minimum absolute atomic E-state index is 0.107. The molecule has 1 rings (SSSR count). The van der Waals surface area contributed by atoms with Gasteiger partial charge in [0.15, 0.2) is 0 Å². The van der Waals surface area contributed by atoms with Crippen LogP contribution in [0, 0.1) is 5.95 Å². The van der Waals surface area contributed by atoms with Crippen LogP contribution in [0.25, 0.3) is 0 Å². The Bertz CT molecular complexity index is 330. The number of nitrogens with zero attached hydrogens (tertiary/aromatic N) is 1. The summed E-state index contributed by atoms with van der Waals surface area (Å²) in [7, 11) is 0. The van der Waals surface area contributed by atoms with Gasteiger partial charge in [-0.1, -0.05) is 13.8 Å². The van der Waals surface area contributed by atoms with Gasteiger partial charge in [-0.2, -0.15) is 17.6 Å². The van der Waals surface area contributed by atoms with E-state index in [0.717, 1.165) is 12.3 Å². The Kier molecular flexibility index (Phi) is 2.78. The molecular formula is C9H9F4N. The maximum atomic E-state index is 12.7. The highest BCUT2D eigenvalue weighted by molar-refractivity contribution is 5.24. The Morgan fingerprint density at radius 2 is 1.86 bits per heavy atom. The van der Waals surface area contributed by atoms with E-state index in [0.29, 0.717) is 5.56 Å². The molecule has 0 saturated heterocycles. The average Bonchev–Trinajstić information content (AvgIpc) is 2.02. The van der Waals surface area contributed by atoms with Crippen LogP contribution in [0.2, 0.25) is 0 Å². The van der Waals surface area contributed by atoms with Gasteiger partial charge in [-0.05, 0) is 17.5 Å². The molecule has 1 heterocycles. The molecule has 78 valence electrons. The predicted molar refractivity (Wildman–Crippen MR) is 43.3 cm³/mol. The van der Waals surface area contributed by atoms with Crippen molar-refractivity contribution >= 4 is 0 Å². The molecule has 0 amide bonds. The first-order valence-electron chi connectivity index (χ1n) is 4.05. The molecule has 0 bridgehead atoms. The van der Waals surface area contributed by atoms with Crippen molar-refractivity contribution in [1.82, 2.24) is 4.98 Å². The van der Waals surface area contributed by atoms with Gasteiger partial charge >= 0.3 is 6.18 Å². The van der Waals surface area contributed by atoms with E-state index in [1.807, 2.05) is 0 Å². The number of hydrogen-bond donors (Lipinski definition) is 0. The lowest BCUT2D eigenvalue weighted by Gasteiger charge is -2.10. The van der Waals surface area contributed by atoms with Crippen LogP contribution in [0.5, 0.6) is 0 Å². The molecule has 0 unspecified atom stereocenters. The van der Waals surface area contributed by atoms with Gasteiger partial charge < -0.3 is 0 Å². The molecule has 1 nitrogen and oxygen atoms in total. The quantitative estimate of drug-likeness (QED) is 0.508. The lowest BCUT2D eigenvalue weighted by Crippen LogP contribution is -2.10. The van der Waals surface area contributed by atoms with Gasteiger partial charge in [0, 0.05) is 6.20 Å². The zero-order valence-electron chi connectivity index (χ0n) is 7.69. The summed E-state index contributed by atoms with van der Waals surface area (Å²) in [6.45, 7) is 3.43. The monoisotopic (exact) mass is 207 g/mol. The van der Waals surface area contributed by atoms with Crippen LogP contribution >= 0.6 is 0 Å². The molecule has 0 spiro atoms. The fourth-order valence-electron chi connectivity index (χ4n) is 0.979. The predicted octanol–water partition coefficient (Wildman–Crippen LogP) is 3.36. The second-order valence-electron chi connectivity index (χ2n) is 3.26. The Labute approximate surface area is 78.8 Å². The summed E-state index contributed by atoms with van der Waals surface area (Å²) in [5.74, 6) is -1.58. The van der Waals surface area contributed by atoms with Crippen LogP contribution in [-0.2, 0) is 6.18 Å². The molecule has 0 aromatic carbocycles. The zero-order valence-corrected chi connectivity index (χ0v) is 7.69.